The van der Waals surface area contributed by atoms with E-state index in [1.807, 2.05) is 25.1 Å². The molecule has 1 aromatic heterocycles. The number of hydrogen-bond acceptors (Lipinski definition) is 5. The van der Waals surface area contributed by atoms with Gasteiger partial charge in [-0.15, -0.1) is 0 Å². The number of benzene rings is 1. The van der Waals surface area contributed by atoms with E-state index in [4.69, 9.17) is 9.72 Å². The SMILES string of the molecule is CCCCCCNC(C)c1nc2ccccc2c(=O)n1CCCC(=O)OC. The van der Waals surface area contributed by atoms with Crippen LogP contribution in [0, 0.1) is 0 Å². The predicted molar refractivity (Wildman–Crippen MR) is 108 cm³/mol. The Morgan fingerprint density at radius 1 is 1.22 bits per heavy atom. The molecule has 0 spiro atoms. The molecule has 148 valence electrons. The second kappa shape index (κ2) is 10.8. The first kappa shape index (κ1) is 21.1. The van der Waals surface area contributed by atoms with Crippen molar-refractivity contribution in [2.45, 2.75) is 65.0 Å². The van der Waals surface area contributed by atoms with Crippen molar-refractivity contribution < 1.29 is 9.53 Å². The molecular formula is C21H31N3O3. The molecule has 1 atom stereocenters. The number of ether oxygens (including phenoxy) is 1. The molecular weight excluding hydrogens is 342 g/mol. The van der Waals surface area contributed by atoms with E-state index >= 15 is 0 Å². The molecule has 0 bridgehead atoms. The summed E-state index contributed by atoms with van der Waals surface area (Å²) in [5.41, 5.74) is 0.654. The average molecular weight is 373 g/mol. The second-order valence-corrected chi connectivity index (χ2v) is 6.86. The number of hydrogen-bond donors (Lipinski definition) is 1. The summed E-state index contributed by atoms with van der Waals surface area (Å²) in [6, 6.07) is 7.37. The van der Waals surface area contributed by atoms with Gasteiger partial charge in [0, 0.05) is 13.0 Å². The average Bonchev–Trinajstić information content (AvgIpc) is 2.69. The third-order valence-corrected chi connectivity index (χ3v) is 4.75. The Morgan fingerprint density at radius 3 is 2.74 bits per heavy atom. The van der Waals surface area contributed by atoms with E-state index in [9.17, 15) is 9.59 Å². The predicted octanol–water partition coefficient (Wildman–Crippen LogP) is 3.58. The first-order chi connectivity index (χ1) is 13.1. The summed E-state index contributed by atoms with van der Waals surface area (Å²) in [5.74, 6) is 0.458. The van der Waals surface area contributed by atoms with E-state index in [2.05, 4.69) is 12.2 Å². The van der Waals surface area contributed by atoms with Gasteiger partial charge >= 0.3 is 5.97 Å². The van der Waals surface area contributed by atoms with Crippen molar-refractivity contribution in [1.29, 1.82) is 0 Å². The van der Waals surface area contributed by atoms with Crippen LogP contribution >= 0.6 is 0 Å². The number of unbranched alkanes of at least 4 members (excludes halogenated alkanes) is 3. The maximum atomic E-state index is 13.0. The number of carbonyl (C=O) groups is 1. The number of fused-ring (bicyclic) bond motifs is 1. The molecule has 6 nitrogen and oxygen atoms in total. The number of nitrogens with one attached hydrogen (secondary N) is 1. The smallest absolute Gasteiger partial charge is 0.305 e. The van der Waals surface area contributed by atoms with Gasteiger partial charge in [-0.1, -0.05) is 38.3 Å². The van der Waals surface area contributed by atoms with Gasteiger partial charge in [0.15, 0.2) is 0 Å². The molecule has 0 fully saturated rings. The zero-order chi connectivity index (χ0) is 19.6. The fourth-order valence-corrected chi connectivity index (χ4v) is 3.18. The van der Waals surface area contributed by atoms with Gasteiger partial charge in [-0.3, -0.25) is 14.2 Å². The minimum atomic E-state index is -0.263. The minimum Gasteiger partial charge on any atom is -0.469 e. The molecule has 0 aliphatic rings. The quantitative estimate of drug-likeness (QED) is 0.481. The summed E-state index contributed by atoms with van der Waals surface area (Å²) in [6.45, 7) is 5.57. The van der Waals surface area contributed by atoms with Crippen LogP contribution in [-0.2, 0) is 16.1 Å². The largest absolute Gasteiger partial charge is 0.469 e. The lowest BCUT2D eigenvalue weighted by Gasteiger charge is -2.19. The number of rotatable bonds is 11. The lowest BCUT2D eigenvalue weighted by atomic mass is 10.2. The molecule has 0 radical (unpaired) electrons. The van der Waals surface area contributed by atoms with E-state index in [-0.39, 0.29) is 24.0 Å². The molecule has 1 aromatic carbocycles. The third-order valence-electron chi connectivity index (χ3n) is 4.75. The van der Waals surface area contributed by atoms with Crippen molar-refractivity contribution in [3.8, 4) is 0 Å². The number of nitrogens with zero attached hydrogens (tertiary/aromatic N) is 2. The van der Waals surface area contributed by atoms with Crippen LogP contribution in [0.4, 0.5) is 0 Å². The highest BCUT2D eigenvalue weighted by atomic mass is 16.5. The van der Waals surface area contributed by atoms with Crippen LogP contribution in [-0.4, -0.2) is 29.2 Å². The fourth-order valence-electron chi connectivity index (χ4n) is 3.18. The molecule has 0 aliphatic carbocycles. The fraction of sp³-hybridized carbons (Fsp3) is 0.571. The number of para-hydroxylation sites is 1. The summed E-state index contributed by atoms with van der Waals surface area (Å²) >= 11 is 0. The van der Waals surface area contributed by atoms with Crippen molar-refractivity contribution in [3.63, 3.8) is 0 Å². The molecule has 1 heterocycles. The molecule has 0 saturated carbocycles. The van der Waals surface area contributed by atoms with E-state index in [0.717, 1.165) is 18.8 Å². The lowest BCUT2D eigenvalue weighted by molar-refractivity contribution is -0.140. The standard InChI is InChI=1S/C21H31N3O3/c1-4-5-6-9-14-22-16(2)20-23-18-12-8-7-11-17(18)21(26)24(20)15-10-13-19(25)27-3/h7-8,11-12,16,22H,4-6,9-10,13-15H2,1-3H3. The maximum Gasteiger partial charge on any atom is 0.305 e. The Labute approximate surface area is 160 Å². The molecule has 0 aliphatic heterocycles. The van der Waals surface area contributed by atoms with Gasteiger partial charge in [-0.2, -0.15) is 0 Å². The van der Waals surface area contributed by atoms with Crippen LogP contribution in [0.3, 0.4) is 0 Å². The number of carbonyl (C=O) groups excluding carboxylic acids is 1. The molecule has 0 saturated heterocycles. The van der Waals surface area contributed by atoms with Gasteiger partial charge in [-0.05, 0) is 38.4 Å². The zero-order valence-corrected chi connectivity index (χ0v) is 16.7. The highest BCUT2D eigenvalue weighted by molar-refractivity contribution is 5.77. The van der Waals surface area contributed by atoms with E-state index in [1.54, 1.807) is 10.6 Å². The Morgan fingerprint density at radius 2 is 2.00 bits per heavy atom. The van der Waals surface area contributed by atoms with Crippen molar-refractivity contribution >= 4 is 16.9 Å². The van der Waals surface area contributed by atoms with Crippen molar-refractivity contribution in [3.05, 3.63) is 40.4 Å². The number of esters is 1. The summed E-state index contributed by atoms with van der Waals surface area (Å²) in [7, 11) is 1.38. The Balaban J connectivity index is 2.21. The molecule has 0 amide bonds. The van der Waals surface area contributed by atoms with Crippen LogP contribution in [0.5, 0.6) is 0 Å². The van der Waals surface area contributed by atoms with Crippen LogP contribution in [0.1, 0.15) is 64.2 Å². The molecule has 2 aromatic rings. The Bertz CT molecular complexity index is 801. The first-order valence-corrected chi connectivity index (χ1v) is 9.88. The Kier molecular flexibility index (Phi) is 8.45. The highest BCUT2D eigenvalue weighted by Gasteiger charge is 2.16. The van der Waals surface area contributed by atoms with Crippen LogP contribution in [0.25, 0.3) is 10.9 Å². The van der Waals surface area contributed by atoms with Crippen molar-refractivity contribution in [2.75, 3.05) is 13.7 Å². The van der Waals surface area contributed by atoms with Crippen LogP contribution in [0.15, 0.2) is 29.1 Å². The second-order valence-electron chi connectivity index (χ2n) is 6.86. The highest BCUT2D eigenvalue weighted by Crippen LogP contribution is 2.15. The normalized spacial score (nSPS) is 12.3. The molecule has 27 heavy (non-hydrogen) atoms. The van der Waals surface area contributed by atoms with E-state index in [1.165, 1.54) is 26.4 Å². The molecule has 1 unspecified atom stereocenters. The van der Waals surface area contributed by atoms with E-state index < -0.39 is 0 Å². The topological polar surface area (TPSA) is 73.2 Å². The van der Waals surface area contributed by atoms with Crippen molar-refractivity contribution in [2.24, 2.45) is 0 Å². The molecule has 2 rings (SSSR count). The lowest BCUT2D eigenvalue weighted by Crippen LogP contribution is -2.31. The monoisotopic (exact) mass is 373 g/mol. The van der Waals surface area contributed by atoms with Gasteiger partial charge in [0.1, 0.15) is 5.82 Å². The van der Waals surface area contributed by atoms with E-state index in [0.29, 0.717) is 23.9 Å². The summed E-state index contributed by atoms with van der Waals surface area (Å²) < 4.78 is 6.40. The van der Waals surface area contributed by atoms with Crippen LogP contribution in [0.2, 0.25) is 0 Å². The van der Waals surface area contributed by atoms with Crippen LogP contribution < -0.4 is 10.9 Å². The maximum absolute atomic E-state index is 13.0. The van der Waals surface area contributed by atoms with Gasteiger partial charge in [0.25, 0.3) is 5.56 Å². The third kappa shape index (κ3) is 5.89. The molecule has 6 heteroatoms. The van der Waals surface area contributed by atoms with Gasteiger partial charge in [0.05, 0.1) is 24.1 Å². The Hall–Kier alpha value is -2.21. The molecule has 1 N–H and O–H groups in total. The van der Waals surface area contributed by atoms with Gasteiger partial charge < -0.3 is 10.1 Å². The summed E-state index contributed by atoms with van der Waals surface area (Å²) in [4.78, 5) is 29.2. The summed E-state index contributed by atoms with van der Waals surface area (Å²) in [6.07, 6.45) is 5.59. The zero-order valence-electron chi connectivity index (χ0n) is 16.7. The van der Waals surface area contributed by atoms with Crippen molar-refractivity contribution in [1.82, 2.24) is 14.9 Å². The number of aromatic nitrogens is 2. The number of methoxy groups -OCH3 is 1. The first-order valence-electron chi connectivity index (χ1n) is 9.88. The van der Waals surface area contributed by atoms with Gasteiger partial charge in [-0.25, -0.2) is 4.98 Å². The van der Waals surface area contributed by atoms with Gasteiger partial charge in [0.2, 0.25) is 0 Å². The minimum absolute atomic E-state index is 0.0398. The summed E-state index contributed by atoms with van der Waals surface area (Å²) in [5, 5.41) is 4.09.